The summed E-state index contributed by atoms with van der Waals surface area (Å²) >= 11 is 0. The van der Waals surface area contributed by atoms with E-state index in [1.807, 2.05) is 0 Å². The van der Waals surface area contributed by atoms with Gasteiger partial charge in [-0.05, 0) is 130 Å². The second-order valence-corrected chi connectivity index (χ2v) is 14.1. The number of rotatable bonds is 5. The first kappa shape index (κ1) is 26.3. The van der Waals surface area contributed by atoms with E-state index in [1.54, 1.807) is 0 Å². The summed E-state index contributed by atoms with van der Waals surface area (Å²) in [6, 6.07) is 0. The molecule has 0 saturated heterocycles. The van der Waals surface area contributed by atoms with Gasteiger partial charge in [-0.1, -0.05) is 39.5 Å². The van der Waals surface area contributed by atoms with E-state index in [4.69, 9.17) is 0 Å². The second-order valence-electron chi connectivity index (χ2n) is 14.1. The van der Waals surface area contributed by atoms with Gasteiger partial charge in [-0.3, -0.25) is 0 Å². The molecule has 0 heterocycles. The van der Waals surface area contributed by atoms with Crippen molar-refractivity contribution >= 4 is 0 Å². The Kier molecular flexibility index (Phi) is 7.12. The summed E-state index contributed by atoms with van der Waals surface area (Å²) in [6.45, 7) is 4.80. The lowest BCUT2D eigenvalue weighted by atomic mass is 9.43. The van der Waals surface area contributed by atoms with E-state index in [1.165, 1.54) is 57.8 Å². The van der Waals surface area contributed by atoms with Gasteiger partial charge in [-0.15, -0.1) is 0 Å². The molecule has 1 unspecified atom stereocenters. The van der Waals surface area contributed by atoms with Crippen molar-refractivity contribution in [3.63, 3.8) is 0 Å². The molecular formula is C30H49F3O2. The maximum absolute atomic E-state index is 13.6. The molecule has 5 saturated carbocycles. The van der Waals surface area contributed by atoms with Crippen LogP contribution in [-0.2, 0) is 0 Å². The van der Waals surface area contributed by atoms with Crippen LogP contribution in [0.4, 0.5) is 13.2 Å². The Bertz CT molecular complexity index is 748. The van der Waals surface area contributed by atoms with E-state index < -0.39 is 11.8 Å². The molecule has 35 heavy (non-hydrogen) atoms. The molecule has 5 fully saturated rings. The lowest BCUT2D eigenvalue weighted by Crippen LogP contribution is -2.59. The molecule has 9 atom stereocenters. The van der Waals surface area contributed by atoms with E-state index in [2.05, 4.69) is 13.8 Å². The van der Waals surface area contributed by atoms with E-state index in [0.29, 0.717) is 35.5 Å². The minimum Gasteiger partial charge on any atom is -0.393 e. The van der Waals surface area contributed by atoms with Crippen LogP contribution in [0.15, 0.2) is 0 Å². The lowest BCUT2D eigenvalue weighted by Gasteiger charge is -2.62. The molecule has 0 amide bonds. The molecule has 0 aromatic carbocycles. The predicted molar refractivity (Wildman–Crippen MR) is 133 cm³/mol. The standard InChI is InChI=1S/C30H49F3O2/c1-27-16-15-25-23(13-11-22-19-29(35,30(31,32)33)18-17-28(22,25)2)24(27)14-12-21(27)9-6-10-26(34)20-7-4-3-5-8-20/h20-26,34-35H,3-19H2,1-2H3/t21-,22-,23-,24-,25?,26+,27+,28-,29-/m0/s1. The molecule has 0 aromatic heterocycles. The van der Waals surface area contributed by atoms with Crippen molar-refractivity contribution in [2.75, 3.05) is 0 Å². The Morgan fingerprint density at radius 2 is 1.54 bits per heavy atom. The van der Waals surface area contributed by atoms with Crippen molar-refractivity contribution in [2.45, 2.75) is 141 Å². The Morgan fingerprint density at radius 3 is 2.26 bits per heavy atom. The Labute approximate surface area is 210 Å². The van der Waals surface area contributed by atoms with Gasteiger partial charge in [0.05, 0.1) is 6.10 Å². The van der Waals surface area contributed by atoms with Crippen molar-refractivity contribution in [2.24, 2.45) is 46.3 Å². The molecule has 0 radical (unpaired) electrons. The SMILES string of the molecule is C[C@]12CCC3[C@@H](CC[C@H]4C[C@](O)(C(F)(F)F)CC[C@]34C)[C@@H]1CC[C@@H]2CCC[C@@H](O)C1CCCCC1. The smallest absolute Gasteiger partial charge is 0.393 e. The van der Waals surface area contributed by atoms with Gasteiger partial charge in [-0.2, -0.15) is 13.2 Å². The highest BCUT2D eigenvalue weighted by Gasteiger charge is 2.64. The van der Waals surface area contributed by atoms with Crippen molar-refractivity contribution < 1.29 is 23.4 Å². The van der Waals surface area contributed by atoms with E-state index >= 15 is 0 Å². The van der Waals surface area contributed by atoms with Crippen LogP contribution >= 0.6 is 0 Å². The molecule has 5 aliphatic rings. The van der Waals surface area contributed by atoms with Gasteiger partial charge in [0.2, 0.25) is 0 Å². The number of fused-ring (bicyclic) bond motifs is 5. The van der Waals surface area contributed by atoms with Crippen LogP contribution in [0.1, 0.15) is 123 Å². The lowest BCUT2D eigenvalue weighted by molar-refractivity contribution is -0.290. The summed E-state index contributed by atoms with van der Waals surface area (Å²) in [4.78, 5) is 0. The molecule has 0 bridgehead atoms. The van der Waals surface area contributed by atoms with Crippen LogP contribution in [0, 0.1) is 46.3 Å². The first-order valence-electron chi connectivity index (χ1n) is 15.0. The zero-order valence-electron chi connectivity index (χ0n) is 22.1. The average molecular weight is 499 g/mol. The molecule has 0 aliphatic heterocycles. The molecular weight excluding hydrogens is 449 g/mol. The Morgan fingerprint density at radius 1 is 0.829 bits per heavy atom. The topological polar surface area (TPSA) is 40.5 Å². The largest absolute Gasteiger partial charge is 0.417 e. The fraction of sp³-hybridized carbons (Fsp3) is 1.00. The van der Waals surface area contributed by atoms with Gasteiger partial charge < -0.3 is 10.2 Å². The second kappa shape index (κ2) is 9.47. The molecule has 5 rings (SSSR count). The van der Waals surface area contributed by atoms with Crippen LogP contribution in [0.3, 0.4) is 0 Å². The third kappa shape index (κ3) is 4.51. The van der Waals surface area contributed by atoms with Crippen molar-refractivity contribution in [3.8, 4) is 0 Å². The summed E-state index contributed by atoms with van der Waals surface area (Å²) in [5, 5.41) is 21.2. The van der Waals surface area contributed by atoms with Gasteiger partial charge in [0.1, 0.15) is 0 Å². The summed E-state index contributed by atoms with van der Waals surface area (Å²) in [7, 11) is 0. The molecule has 202 valence electrons. The third-order valence-electron chi connectivity index (χ3n) is 12.7. The van der Waals surface area contributed by atoms with Gasteiger partial charge in [-0.25, -0.2) is 0 Å². The van der Waals surface area contributed by atoms with Crippen LogP contribution in [0.25, 0.3) is 0 Å². The van der Waals surface area contributed by atoms with Gasteiger partial charge in [0, 0.05) is 0 Å². The zero-order valence-corrected chi connectivity index (χ0v) is 22.1. The maximum atomic E-state index is 13.6. The van der Waals surface area contributed by atoms with E-state index in [-0.39, 0.29) is 30.3 Å². The maximum Gasteiger partial charge on any atom is 0.417 e. The molecule has 2 N–H and O–H groups in total. The van der Waals surface area contributed by atoms with Crippen LogP contribution in [-0.4, -0.2) is 28.1 Å². The number of alkyl halides is 3. The van der Waals surface area contributed by atoms with Gasteiger partial charge >= 0.3 is 6.18 Å². The fourth-order valence-electron chi connectivity index (χ4n) is 10.4. The van der Waals surface area contributed by atoms with Crippen molar-refractivity contribution in [1.29, 1.82) is 0 Å². The monoisotopic (exact) mass is 498 g/mol. The quantitative estimate of drug-likeness (QED) is 0.402. The Hall–Kier alpha value is -0.290. The van der Waals surface area contributed by atoms with Crippen LogP contribution in [0.2, 0.25) is 0 Å². The molecule has 0 aromatic rings. The fourth-order valence-corrected chi connectivity index (χ4v) is 10.4. The highest BCUT2D eigenvalue weighted by atomic mass is 19.4. The number of aliphatic hydroxyl groups excluding tert-OH is 1. The van der Waals surface area contributed by atoms with Crippen LogP contribution < -0.4 is 0 Å². The van der Waals surface area contributed by atoms with Gasteiger partial charge in [0.25, 0.3) is 0 Å². The minimum absolute atomic E-state index is 0.00745. The van der Waals surface area contributed by atoms with E-state index in [0.717, 1.165) is 38.0 Å². The molecule has 5 aliphatic carbocycles. The molecule has 0 spiro atoms. The van der Waals surface area contributed by atoms with Crippen molar-refractivity contribution in [1.82, 2.24) is 0 Å². The molecule has 5 heteroatoms. The summed E-state index contributed by atoms with van der Waals surface area (Å²) in [5.41, 5.74) is -2.17. The first-order valence-corrected chi connectivity index (χ1v) is 15.0. The van der Waals surface area contributed by atoms with Gasteiger partial charge in [0.15, 0.2) is 5.60 Å². The summed E-state index contributed by atoms with van der Waals surface area (Å²) in [6.07, 6.45) is 12.1. The Balaban J connectivity index is 1.20. The van der Waals surface area contributed by atoms with Crippen molar-refractivity contribution in [3.05, 3.63) is 0 Å². The number of halogens is 3. The summed E-state index contributed by atoms with van der Waals surface area (Å²) in [5.74, 6) is 3.11. The molecule has 2 nitrogen and oxygen atoms in total. The zero-order chi connectivity index (χ0) is 25.1. The third-order valence-corrected chi connectivity index (χ3v) is 12.7. The highest BCUT2D eigenvalue weighted by molar-refractivity contribution is 5.11. The average Bonchev–Trinajstić information content (AvgIpc) is 3.16. The van der Waals surface area contributed by atoms with Crippen LogP contribution in [0.5, 0.6) is 0 Å². The predicted octanol–water partition coefficient (Wildman–Crippen LogP) is 8.05. The first-order chi connectivity index (χ1) is 16.5. The number of hydrogen-bond acceptors (Lipinski definition) is 2. The summed E-state index contributed by atoms with van der Waals surface area (Å²) < 4.78 is 40.8. The highest BCUT2D eigenvalue weighted by Crippen LogP contribution is 2.69. The number of aliphatic hydroxyl groups is 2. The minimum atomic E-state index is -4.51. The number of hydrogen-bond donors (Lipinski definition) is 2. The normalized spacial score (nSPS) is 47.6. The van der Waals surface area contributed by atoms with E-state index in [9.17, 15) is 23.4 Å².